The Bertz CT molecular complexity index is 1260. The van der Waals surface area contributed by atoms with Crippen LogP contribution in [-0.2, 0) is 21.2 Å². The van der Waals surface area contributed by atoms with Crippen molar-refractivity contribution >= 4 is 33.2 Å². The van der Waals surface area contributed by atoms with Crippen LogP contribution in [0, 0.1) is 0 Å². The van der Waals surface area contributed by atoms with Crippen molar-refractivity contribution in [1.82, 2.24) is 5.32 Å². The Morgan fingerprint density at radius 2 is 1.57 bits per heavy atom. The molecule has 0 aliphatic heterocycles. The van der Waals surface area contributed by atoms with Gasteiger partial charge in [0.05, 0.1) is 29.8 Å². The van der Waals surface area contributed by atoms with Crippen LogP contribution in [0.5, 0.6) is 5.75 Å². The Kier molecular flexibility index (Phi) is 8.86. The molecule has 0 bridgehead atoms. The minimum Gasteiger partial charge on any atom is -0.492 e. The third-order valence-electron chi connectivity index (χ3n) is 5.11. The van der Waals surface area contributed by atoms with E-state index in [2.05, 4.69) is 10.6 Å². The smallest absolute Gasteiger partial charge is 0.253 e. The Labute approximate surface area is 206 Å². The van der Waals surface area contributed by atoms with Crippen molar-refractivity contribution in [2.45, 2.75) is 13.3 Å². The van der Waals surface area contributed by atoms with Crippen LogP contribution < -0.4 is 19.7 Å². The zero-order valence-electron chi connectivity index (χ0n) is 19.7. The molecule has 0 aliphatic rings. The number of carbonyl (C=O) groups excluding carboxylic acids is 2. The van der Waals surface area contributed by atoms with Gasteiger partial charge in [0.25, 0.3) is 5.91 Å². The second-order valence-electron chi connectivity index (χ2n) is 7.76. The molecule has 2 N–H and O–H groups in total. The van der Waals surface area contributed by atoms with E-state index in [9.17, 15) is 18.0 Å². The normalized spacial score (nSPS) is 10.9. The summed E-state index contributed by atoms with van der Waals surface area (Å²) in [6.07, 6.45) is 1.70. The molecule has 3 aromatic rings. The molecule has 0 unspecified atom stereocenters. The van der Waals surface area contributed by atoms with Crippen LogP contribution in [0.15, 0.2) is 78.9 Å². The predicted molar refractivity (Wildman–Crippen MR) is 137 cm³/mol. The van der Waals surface area contributed by atoms with Gasteiger partial charge in [-0.25, -0.2) is 8.42 Å². The van der Waals surface area contributed by atoms with Crippen LogP contribution in [0.1, 0.15) is 22.8 Å². The molecule has 0 atom stereocenters. The van der Waals surface area contributed by atoms with Gasteiger partial charge in [-0.15, -0.1) is 0 Å². The van der Waals surface area contributed by atoms with Crippen LogP contribution in [-0.4, -0.2) is 46.2 Å². The number of hydrogen-bond donors (Lipinski definition) is 2. The molecule has 0 heterocycles. The van der Waals surface area contributed by atoms with Gasteiger partial charge in [0.15, 0.2) is 0 Å². The molecule has 0 fully saturated rings. The highest BCUT2D eigenvalue weighted by Gasteiger charge is 2.24. The number of anilines is 2. The summed E-state index contributed by atoms with van der Waals surface area (Å²) in [5.41, 5.74) is 1.94. The first-order chi connectivity index (χ1) is 16.8. The van der Waals surface area contributed by atoms with Gasteiger partial charge in [-0.2, -0.15) is 0 Å². The lowest BCUT2D eigenvalue weighted by molar-refractivity contribution is -0.114. The van der Waals surface area contributed by atoms with Gasteiger partial charge in [0, 0.05) is 6.54 Å². The summed E-state index contributed by atoms with van der Waals surface area (Å²) in [5, 5.41) is 5.54. The average Bonchev–Trinajstić information content (AvgIpc) is 2.83. The first-order valence-electron chi connectivity index (χ1n) is 11.2. The zero-order chi connectivity index (χ0) is 25.3. The number of carbonyl (C=O) groups is 2. The molecule has 184 valence electrons. The number of benzene rings is 3. The summed E-state index contributed by atoms with van der Waals surface area (Å²) in [6, 6.07) is 23.0. The number of ether oxygens (including phenoxy) is 1. The molecular weight excluding hydrogens is 466 g/mol. The largest absolute Gasteiger partial charge is 0.492 e. The van der Waals surface area contributed by atoms with Gasteiger partial charge in [-0.1, -0.05) is 54.6 Å². The van der Waals surface area contributed by atoms with Crippen molar-refractivity contribution in [2.75, 3.05) is 35.6 Å². The van der Waals surface area contributed by atoms with E-state index in [1.165, 1.54) is 0 Å². The van der Waals surface area contributed by atoms with Gasteiger partial charge in [-0.3, -0.25) is 13.9 Å². The van der Waals surface area contributed by atoms with Crippen LogP contribution in [0.3, 0.4) is 0 Å². The Morgan fingerprint density at radius 3 is 2.29 bits per heavy atom. The molecule has 35 heavy (non-hydrogen) atoms. The van der Waals surface area contributed by atoms with E-state index in [-0.39, 0.29) is 17.2 Å². The van der Waals surface area contributed by atoms with E-state index in [1.807, 2.05) is 30.3 Å². The van der Waals surface area contributed by atoms with Crippen LogP contribution >= 0.6 is 0 Å². The predicted octanol–water partition coefficient (Wildman–Crippen LogP) is 3.46. The number of nitrogens with zero attached hydrogens (tertiary/aromatic N) is 1. The van der Waals surface area contributed by atoms with Gasteiger partial charge >= 0.3 is 0 Å². The standard InChI is InChI=1S/C26H29N3O5S/c1-3-34-24-16-10-9-15-23(24)29(35(2,32)33)19-25(30)28-22-14-8-7-13-21(22)26(31)27-18-17-20-11-5-4-6-12-20/h4-16H,3,17-19H2,1-2H3,(H,27,31)(H,28,30). The van der Waals surface area contributed by atoms with E-state index >= 15 is 0 Å². The Morgan fingerprint density at radius 1 is 0.914 bits per heavy atom. The van der Waals surface area contributed by atoms with Crippen molar-refractivity contribution in [3.63, 3.8) is 0 Å². The van der Waals surface area contributed by atoms with E-state index in [0.717, 1.165) is 16.1 Å². The molecule has 0 aromatic heterocycles. The maximum Gasteiger partial charge on any atom is 0.253 e. The molecule has 0 spiro atoms. The lowest BCUT2D eigenvalue weighted by atomic mass is 10.1. The van der Waals surface area contributed by atoms with E-state index in [0.29, 0.717) is 31.0 Å². The summed E-state index contributed by atoms with van der Waals surface area (Å²) < 4.78 is 31.6. The van der Waals surface area contributed by atoms with Gasteiger partial charge < -0.3 is 15.4 Å². The molecule has 0 aliphatic carbocycles. The fourth-order valence-corrected chi connectivity index (χ4v) is 4.35. The number of rotatable bonds is 11. The zero-order valence-corrected chi connectivity index (χ0v) is 20.5. The van der Waals surface area contributed by atoms with Crippen molar-refractivity contribution in [2.24, 2.45) is 0 Å². The topological polar surface area (TPSA) is 105 Å². The lowest BCUT2D eigenvalue weighted by Gasteiger charge is -2.24. The monoisotopic (exact) mass is 495 g/mol. The minimum atomic E-state index is -3.80. The number of amides is 2. The van der Waals surface area contributed by atoms with Crippen molar-refractivity contribution < 1.29 is 22.7 Å². The lowest BCUT2D eigenvalue weighted by Crippen LogP contribution is -2.38. The fraction of sp³-hybridized carbons (Fsp3) is 0.231. The highest BCUT2D eigenvalue weighted by atomic mass is 32.2. The minimum absolute atomic E-state index is 0.263. The molecule has 0 radical (unpaired) electrons. The maximum atomic E-state index is 12.9. The fourth-order valence-electron chi connectivity index (χ4n) is 3.49. The van der Waals surface area contributed by atoms with E-state index < -0.39 is 22.5 Å². The summed E-state index contributed by atoms with van der Waals surface area (Å²) in [5.74, 6) is -0.573. The number of sulfonamides is 1. The highest BCUT2D eigenvalue weighted by Crippen LogP contribution is 2.30. The maximum absolute atomic E-state index is 12.9. The first kappa shape index (κ1) is 25.8. The summed E-state index contributed by atoms with van der Waals surface area (Å²) in [6.45, 7) is 2.08. The molecule has 0 saturated carbocycles. The Hall–Kier alpha value is -3.85. The van der Waals surface area contributed by atoms with Crippen molar-refractivity contribution in [3.8, 4) is 5.75 Å². The molecule has 3 rings (SSSR count). The molecule has 0 saturated heterocycles. The molecular formula is C26H29N3O5S. The summed E-state index contributed by atoms with van der Waals surface area (Å²) in [4.78, 5) is 25.7. The molecule has 2 amide bonds. The third kappa shape index (κ3) is 7.31. The number of hydrogen-bond acceptors (Lipinski definition) is 5. The van der Waals surface area contributed by atoms with Gasteiger partial charge in [0.1, 0.15) is 12.3 Å². The van der Waals surface area contributed by atoms with Crippen molar-refractivity contribution in [1.29, 1.82) is 0 Å². The molecule has 3 aromatic carbocycles. The first-order valence-corrected chi connectivity index (χ1v) is 13.0. The van der Waals surface area contributed by atoms with E-state index in [1.54, 1.807) is 55.5 Å². The molecule has 9 heteroatoms. The number of para-hydroxylation sites is 3. The summed E-state index contributed by atoms with van der Waals surface area (Å²) >= 11 is 0. The van der Waals surface area contributed by atoms with Crippen molar-refractivity contribution in [3.05, 3.63) is 90.0 Å². The number of nitrogens with one attached hydrogen (secondary N) is 2. The van der Waals surface area contributed by atoms with Gasteiger partial charge in [0.2, 0.25) is 15.9 Å². The Balaban J connectivity index is 1.72. The van der Waals surface area contributed by atoms with E-state index in [4.69, 9.17) is 4.74 Å². The van der Waals surface area contributed by atoms with Gasteiger partial charge in [-0.05, 0) is 43.2 Å². The second kappa shape index (κ2) is 12.0. The SMILES string of the molecule is CCOc1ccccc1N(CC(=O)Nc1ccccc1C(=O)NCCc1ccccc1)S(C)(=O)=O. The highest BCUT2D eigenvalue weighted by molar-refractivity contribution is 7.92. The quantitative estimate of drug-likeness (QED) is 0.424. The second-order valence-corrected chi connectivity index (χ2v) is 9.66. The van der Waals surface area contributed by atoms with Crippen LogP contribution in [0.2, 0.25) is 0 Å². The molecule has 8 nitrogen and oxygen atoms in total. The third-order valence-corrected chi connectivity index (χ3v) is 6.24. The van der Waals surface area contributed by atoms with Crippen LogP contribution in [0.25, 0.3) is 0 Å². The summed E-state index contributed by atoms with van der Waals surface area (Å²) in [7, 11) is -3.80. The van der Waals surface area contributed by atoms with Crippen LogP contribution in [0.4, 0.5) is 11.4 Å². The average molecular weight is 496 g/mol.